The molecule has 1 aliphatic rings. The van der Waals surface area contributed by atoms with Crippen LogP contribution in [-0.4, -0.2) is 16.1 Å². The molecule has 0 aromatic carbocycles. The van der Waals surface area contributed by atoms with Crippen molar-refractivity contribution in [3.63, 3.8) is 0 Å². The van der Waals surface area contributed by atoms with Crippen LogP contribution in [0, 0.1) is 0 Å². The topological polar surface area (TPSA) is 29.9 Å². The second-order valence-electron chi connectivity index (χ2n) is 4.25. The molecule has 1 aromatic heterocycles. The average molecular weight is 207 g/mol. The van der Waals surface area contributed by atoms with E-state index in [4.69, 9.17) is 4.98 Å². The first-order valence-electron chi connectivity index (χ1n) is 6.14. The van der Waals surface area contributed by atoms with E-state index < -0.39 is 0 Å². The summed E-state index contributed by atoms with van der Waals surface area (Å²) in [5.74, 6) is 1.30. The van der Waals surface area contributed by atoms with Crippen LogP contribution in [0.1, 0.15) is 43.9 Å². The van der Waals surface area contributed by atoms with Crippen LogP contribution in [0.3, 0.4) is 0 Å². The van der Waals surface area contributed by atoms with E-state index in [9.17, 15) is 0 Å². The van der Waals surface area contributed by atoms with Crippen LogP contribution in [0.25, 0.3) is 0 Å². The molecule has 0 aliphatic carbocycles. The Kier molecular flexibility index (Phi) is 3.41. The highest BCUT2D eigenvalue weighted by Gasteiger charge is 2.18. The van der Waals surface area contributed by atoms with Crippen LogP contribution in [0.2, 0.25) is 0 Å². The van der Waals surface area contributed by atoms with Crippen molar-refractivity contribution >= 4 is 0 Å². The first-order chi connectivity index (χ1) is 7.36. The molecule has 2 rings (SSSR count). The van der Waals surface area contributed by atoms with Gasteiger partial charge in [-0.05, 0) is 12.8 Å². The lowest BCUT2D eigenvalue weighted by Crippen LogP contribution is -2.25. The predicted molar refractivity (Wildman–Crippen MR) is 61.9 cm³/mol. The Morgan fingerprint density at radius 2 is 2.20 bits per heavy atom. The lowest BCUT2D eigenvalue weighted by Gasteiger charge is -2.15. The van der Waals surface area contributed by atoms with E-state index in [2.05, 4.69) is 23.7 Å². The van der Waals surface area contributed by atoms with E-state index in [-0.39, 0.29) is 0 Å². The van der Waals surface area contributed by atoms with Gasteiger partial charge in [-0.15, -0.1) is 0 Å². The summed E-state index contributed by atoms with van der Waals surface area (Å²) in [6.07, 6.45) is 4.65. The molecule has 0 unspecified atom stereocenters. The van der Waals surface area contributed by atoms with Gasteiger partial charge in [0.1, 0.15) is 5.82 Å². The molecule has 3 heteroatoms. The highest BCUT2D eigenvalue weighted by Crippen LogP contribution is 2.17. The van der Waals surface area contributed by atoms with Gasteiger partial charge in [-0.2, -0.15) is 0 Å². The molecule has 3 nitrogen and oxygen atoms in total. The second-order valence-corrected chi connectivity index (χ2v) is 4.25. The second kappa shape index (κ2) is 4.79. The van der Waals surface area contributed by atoms with E-state index >= 15 is 0 Å². The SMILES string of the molecule is CCCc1nc2c(n1CCC)CCNC2. The summed E-state index contributed by atoms with van der Waals surface area (Å²) in [7, 11) is 0. The minimum absolute atomic E-state index is 0.961. The molecule has 1 aromatic rings. The Hall–Kier alpha value is -0.830. The smallest absolute Gasteiger partial charge is 0.109 e. The summed E-state index contributed by atoms with van der Waals surface area (Å²) in [6.45, 7) is 7.67. The van der Waals surface area contributed by atoms with Crippen LogP contribution in [0.4, 0.5) is 0 Å². The van der Waals surface area contributed by atoms with Crippen molar-refractivity contribution in [2.24, 2.45) is 0 Å². The van der Waals surface area contributed by atoms with Gasteiger partial charge in [0.15, 0.2) is 0 Å². The molecule has 0 saturated heterocycles. The van der Waals surface area contributed by atoms with E-state index in [0.29, 0.717) is 0 Å². The standard InChI is InChI=1S/C12H21N3/c1-3-5-12-14-10-9-13-7-6-11(10)15(12)8-4-2/h13H,3-9H2,1-2H3. The monoisotopic (exact) mass is 207 g/mol. The maximum atomic E-state index is 4.76. The summed E-state index contributed by atoms with van der Waals surface area (Å²) < 4.78 is 2.46. The minimum Gasteiger partial charge on any atom is -0.332 e. The zero-order chi connectivity index (χ0) is 10.7. The van der Waals surface area contributed by atoms with Crippen molar-refractivity contribution in [2.75, 3.05) is 6.54 Å². The maximum absolute atomic E-state index is 4.76. The van der Waals surface area contributed by atoms with Crippen LogP contribution < -0.4 is 5.32 Å². The lowest BCUT2D eigenvalue weighted by molar-refractivity contribution is 0.569. The summed E-state index contributed by atoms with van der Waals surface area (Å²) in [4.78, 5) is 4.76. The van der Waals surface area contributed by atoms with Crippen molar-refractivity contribution in [3.8, 4) is 0 Å². The third kappa shape index (κ3) is 2.07. The van der Waals surface area contributed by atoms with Gasteiger partial charge in [0, 0.05) is 38.2 Å². The normalized spacial score (nSPS) is 15.3. The average Bonchev–Trinajstić information content (AvgIpc) is 2.59. The summed E-state index contributed by atoms with van der Waals surface area (Å²) in [6, 6.07) is 0. The number of hydrogen-bond donors (Lipinski definition) is 1. The molecule has 0 spiro atoms. The van der Waals surface area contributed by atoms with Crippen LogP contribution >= 0.6 is 0 Å². The van der Waals surface area contributed by atoms with Gasteiger partial charge in [-0.3, -0.25) is 0 Å². The fraction of sp³-hybridized carbons (Fsp3) is 0.750. The minimum atomic E-state index is 0.961. The number of imidazole rings is 1. The van der Waals surface area contributed by atoms with Crippen molar-refractivity contribution in [1.82, 2.24) is 14.9 Å². The van der Waals surface area contributed by atoms with E-state index in [0.717, 1.165) is 32.5 Å². The first-order valence-corrected chi connectivity index (χ1v) is 6.14. The molecule has 1 aliphatic heterocycles. The Morgan fingerprint density at radius 1 is 1.33 bits per heavy atom. The first kappa shape index (κ1) is 10.7. The number of nitrogens with one attached hydrogen (secondary N) is 1. The molecule has 0 saturated carbocycles. The zero-order valence-electron chi connectivity index (χ0n) is 9.84. The fourth-order valence-corrected chi connectivity index (χ4v) is 2.33. The van der Waals surface area contributed by atoms with Gasteiger partial charge in [0.2, 0.25) is 0 Å². The number of fused-ring (bicyclic) bond motifs is 1. The molecule has 1 N–H and O–H groups in total. The van der Waals surface area contributed by atoms with Crippen molar-refractivity contribution in [2.45, 2.75) is 52.6 Å². The number of aryl methyl sites for hydroxylation is 1. The van der Waals surface area contributed by atoms with Crippen molar-refractivity contribution in [3.05, 3.63) is 17.2 Å². The van der Waals surface area contributed by atoms with Crippen LogP contribution in [0.15, 0.2) is 0 Å². The van der Waals surface area contributed by atoms with Gasteiger partial charge in [-0.25, -0.2) is 4.98 Å². The lowest BCUT2D eigenvalue weighted by atomic mass is 10.2. The highest BCUT2D eigenvalue weighted by atomic mass is 15.1. The largest absolute Gasteiger partial charge is 0.332 e. The Morgan fingerprint density at radius 3 is 2.93 bits per heavy atom. The summed E-state index contributed by atoms with van der Waals surface area (Å²) in [5, 5.41) is 3.39. The molecule has 0 radical (unpaired) electrons. The third-order valence-corrected chi connectivity index (χ3v) is 2.99. The number of nitrogens with zero attached hydrogens (tertiary/aromatic N) is 2. The number of rotatable bonds is 4. The summed E-state index contributed by atoms with van der Waals surface area (Å²) >= 11 is 0. The predicted octanol–water partition coefficient (Wildman–Crippen LogP) is 1.89. The molecule has 0 amide bonds. The van der Waals surface area contributed by atoms with Gasteiger partial charge in [-0.1, -0.05) is 13.8 Å². The molecule has 0 bridgehead atoms. The number of hydrogen-bond acceptors (Lipinski definition) is 2. The van der Waals surface area contributed by atoms with E-state index in [1.807, 2.05) is 0 Å². The molecular formula is C12H21N3. The Balaban J connectivity index is 2.32. The molecule has 0 fully saturated rings. The van der Waals surface area contributed by atoms with Crippen LogP contribution in [-0.2, 0) is 25.9 Å². The van der Waals surface area contributed by atoms with Gasteiger partial charge in [0.25, 0.3) is 0 Å². The molecular weight excluding hydrogens is 186 g/mol. The van der Waals surface area contributed by atoms with Gasteiger partial charge >= 0.3 is 0 Å². The van der Waals surface area contributed by atoms with Gasteiger partial charge < -0.3 is 9.88 Å². The fourth-order valence-electron chi connectivity index (χ4n) is 2.33. The number of aromatic nitrogens is 2. The molecule has 0 atom stereocenters. The third-order valence-electron chi connectivity index (χ3n) is 2.99. The van der Waals surface area contributed by atoms with Crippen molar-refractivity contribution < 1.29 is 0 Å². The zero-order valence-corrected chi connectivity index (χ0v) is 9.84. The molecule has 84 valence electrons. The van der Waals surface area contributed by atoms with E-state index in [1.54, 1.807) is 0 Å². The molecule has 15 heavy (non-hydrogen) atoms. The Labute approximate surface area is 91.9 Å². The summed E-state index contributed by atoms with van der Waals surface area (Å²) in [5.41, 5.74) is 2.78. The Bertz CT molecular complexity index is 328. The van der Waals surface area contributed by atoms with Crippen molar-refractivity contribution in [1.29, 1.82) is 0 Å². The van der Waals surface area contributed by atoms with Gasteiger partial charge in [0.05, 0.1) is 5.69 Å². The van der Waals surface area contributed by atoms with Crippen LogP contribution in [0.5, 0.6) is 0 Å². The highest BCUT2D eigenvalue weighted by molar-refractivity contribution is 5.20. The molecule has 2 heterocycles. The quantitative estimate of drug-likeness (QED) is 0.817. The maximum Gasteiger partial charge on any atom is 0.109 e. The van der Waals surface area contributed by atoms with E-state index in [1.165, 1.54) is 30.1 Å².